The maximum atomic E-state index is 13.3. The van der Waals surface area contributed by atoms with Crippen molar-refractivity contribution >= 4 is 11.7 Å². The molecule has 1 aliphatic rings. The molecule has 4 rings (SSSR count). The smallest absolute Gasteiger partial charge is 0.321 e. The van der Waals surface area contributed by atoms with Crippen LogP contribution in [0.3, 0.4) is 0 Å². The van der Waals surface area contributed by atoms with Crippen LogP contribution < -0.4 is 5.32 Å². The van der Waals surface area contributed by atoms with Gasteiger partial charge < -0.3 is 14.7 Å². The third-order valence-corrected chi connectivity index (χ3v) is 6.38. The zero-order valence-electron chi connectivity index (χ0n) is 20.3. The third-order valence-electron chi connectivity index (χ3n) is 6.38. The second-order valence-electron chi connectivity index (χ2n) is 9.66. The summed E-state index contributed by atoms with van der Waals surface area (Å²) < 4.78 is 5.63. The third kappa shape index (κ3) is 5.10. The van der Waals surface area contributed by atoms with Crippen molar-refractivity contribution in [3.8, 4) is 11.4 Å². The highest BCUT2D eigenvalue weighted by atomic mass is 16.5. The molecule has 1 N–H and O–H groups in total. The van der Waals surface area contributed by atoms with Gasteiger partial charge in [-0.25, -0.2) is 4.79 Å². The summed E-state index contributed by atoms with van der Waals surface area (Å²) in [6, 6.07) is 14.3. The number of aromatic nitrogens is 2. The summed E-state index contributed by atoms with van der Waals surface area (Å²) in [6.45, 7) is 12.0. The molecule has 3 aromatic rings. The first-order valence-electron chi connectivity index (χ1n) is 11.9. The van der Waals surface area contributed by atoms with Gasteiger partial charge in [-0.3, -0.25) is 0 Å². The van der Waals surface area contributed by atoms with Crippen LogP contribution in [0.25, 0.3) is 11.4 Å². The van der Waals surface area contributed by atoms with E-state index in [1.165, 1.54) is 11.1 Å². The minimum Gasteiger partial charge on any atom is -0.339 e. The molecule has 6 nitrogen and oxygen atoms in total. The number of urea groups is 1. The Labute approximate surface area is 196 Å². The van der Waals surface area contributed by atoms with Gasteiger partial charge in [0.2, 0.25) is 11.7 Å². The van der Waals surface area contributed by atoms with Crippen molar-refractivity contribution in [3.63, 3.8) is 0 Å². The van der Waals surface area contributed by atoms with E-state index >= 15 is 0 Å². The summed E-state index contributed by atoms with van der Waals surface area (Å²) in [5.74, 6) is 1.90. The number of carbonyl (C=O) groups excluding carboxylic acids is 1. The Morgan fingerprint density at radius 2 is 1.79 bits per heavy atom. The Balaban J connectivity index is 1.50. The number of anilines is 1. The van der Waals surface area contributed by atoms with Gasteiger partial charge in [0.15, 0.2) is 0 Å². The topological polar surface area (TPSA) is 71.3 Å². The van der Waals surface area contributed by atoms with Gasteiger partial charge in [-0.15, -0.1) is 0 Å². The number of nitrogens with zero attached hydrogens (tertiary/aromatic N) is 3. The summed E-state index contributed by atoms with van der Waals surface area (Å²) in [5, 5.41) is 7.44. The van der Waals surface area contributed by atoms with E-state index in [4.69, 9.17) is 4.52 Å². The van der Waals surface area contributed by atoms with Gasteiger partial charge in [-0.2, -0.15) is 4.98 Å². The van der Waals surface area contributed by atoms with E-state index in [0.29, 0.717) is 30.1 Å². The molecular formula is C27H34N4O2. The molecule has 0 unspecified atom stereocenters. The Kier molecular flexibility index (Phi) is 6.82. The molecule has 1 fully saturated rings. The first-order chi connectivity index (χ1) is 15.8. The summed E-state index contributed by atoms with van der Waals surface area (Å²) in [5.41, 5.74) is 5.39. The van der Waals surface area contributed by atoms with Crippen molar-refractivity contribution in [1.82, 2.24) is 15.0 Å². The van der Waals surface area contributed by atoms with Crippen molar-refractivity contribution in [2.24, 2.45) is 0 Å². The lowest BCUT2D eigenvalue weighted by molar-refractivity contribution is 0.184. The lowest BCUT2D eigenvalue weighted by atomic mass is 9.92. The van der Waals surface area contributed by atoms with Crippen molar-refractivity contribution in [1.29, 1.82) is 0 Å². The van der Waals surface area contributed by atoms with Crippen LogP contribution in [0.15, 0.2) is 47.0 Å². The summed E-state index contributed by atoms with van der Waals surface area (Å²) in [6.07, 6.45) is 1.84. The van der Waals surface area contributed by atoms with Crippen molar-refractivity contribution in [3.05, 3.63) is 65.0 Å². The van der Waals surface area contributed by atoms with Crippen LogP contribution in [-0.2, 0) is 0 Å². The number of likely N-dealkylation sites (tertiary alicyclic amines) is 1. The molecule has 0 saturated carbocycles. The molecule has 1 aliphatic heterocycles. The van der Waals surface area contributed by atoms with Gasteiger partial charge in [0.25, 0.3) is 0 Å². The van der Waals surface area contributed by atoms with Crippen LogP contribution in [-0.4, -0.2) is 34.2 Å². The Morgan fingerprint density at radius 3 is 2.45 bits per heavy atom. The molecule has 1 aromatic heterocycles. The summed E-state index contributed by atoms with van der Waals surface area (Å²) in [4.78, 5) is 19.8. The Morgan fingerprint density at radius 1 is 1.09 bits per heavy atom. The zero-order chi connectivity index (χ0) is 23.5. The van der Waals surface area contributed by atoms with Crippen LogP contribution in [0.2, 0.25) is 0 Å². The molecule has 0 radical (unpaired) electrons. The maximum absolute atomic E-state index is 13.3. The number of piperidine rings is 1. The van der Waals surface area contributed by atoms with Crippen molar-refractivity contribution in [2.45, 2.75) is 65.2 Å². The highest BCUT2D eigenvalue weighted by Crippen LogP contribution is 2.33. The van der Waals surface area contributed by atoms with E-state index in [2.05, 4.69) is 61.4 Å². The minimum atomic E-state index is -0.0619. The van der Waals surface area contributed by atoms with Gasteiger partial charge in [-0.05, 0) is 48.8 Å². The molecule has 1 saturated heterocycles. The monoisotopic (exact) mass is 446 g/mol. The lowest BCUT2D eigenvalue weighted by Crippen LogP contribution is -2.42. The average Bonchev–Trinajstić information content (AvgIpc) is 3.29. The van der Waals surface area contributed by atoms with E-state index in [0.717, 1.165) is 36.2 Å². The predicted molar refractivity (Wildman–Crippen MR) is 132 cm³/mol. The highest BCUT2D eigenvalue weighted by Gasteiger charge is 2.29. The second kappa shape index (κ2) is 9.77. The normalized spacial score (nSPS) is 16.5. The number of hydrogen-bond donors (Lipinski definition) is 1. The van der Waals surface area contributed by atoms with E-state index < -0.39 is 0 Å². The summed E-state index contributed by atoms with van der Waals surface area (Å²) in [7, 11) is 0. The first-order valence-corrected chi connectivity index (χ1v) is 11.9. The quantitative estimate of drug-likeness (QED) is 0.473. The SMILES string of the molecule is Cc1cccc(-c2noc([C@H]3CCCN(C(=O)Nc4c(C(C)C)cccc4C(C)C)C3)n2)c1. The molecule has 2 amide bonds. The second-order valence-corrected chi connectivity index (χ2v) is 9.66. The predicted octanol–water partition coefficient (Wildman–Crippen LogP) is 6.70. The fraction of sp³-hybridized carbons (Fsp3) is 0.444. The number of hydrogen-bond acceptors (Lipinski definition) is 4. The number of amides is 2. The molecule has 2 heterocycles. The molecule has 6 heteroatoms. The van der Waals surface area contributed by atoms with Crippen molar-refractivity contribution < 1.29 is 9.32 Å². The van der Waals surface area contributed by atoms with Gasteiger partial charge in [0, 0.05) is 24.3 Å². The molecule has 0 aliphatic carbocycles. The van der Waals surface area contributed by atoms with E-state index in [9.17, 15) is 4.79 Å². The van der Waals surface area contributed by atoms with Gasteiger partial charge >= 0.3 is 6.03 Å². The molecule has 2 aromatic carbocycles. The number of nitrogens with one attached hydrogen (secondary N) is 1. The number of aryl methyl sites for hydroxylation is 1. The number of benzene rings is 2. The minimum absolute atomic E-state index is 0.0421. The Hall–Kier alpha value is -3.15. The van der Waals surface area contributed by atoms with Crippen LogP contribution in [0.4, 0.5) is 10.5 Å². The van der Waals surface area contributed by atoms with Crippen LogP contribution in [0.5, 0.6) is 0 Å². The lowest BCUT2D eigenvalue weighted by Gasteiger charge is -2.32. The molecular weight excluding hydrogens is 412 g/mol. The van der Waals surface area contributed by atoms with Crippen LogP contribution >= 0.6 is 0 Å². The molecule has 33 heavy (non-hydrogen) atoms. The number of carbonyl (C=O) groups is 1. The van der Waals surface area contributed by atoms with E-state index in [-0.39, 0.29) is 11.9 Å². The number of para-hydroxylation sites is 1. The zero-order valence-corrected chi connectivity index (χ0v) is 20.3. The Bertz CT molecular complexity index is 1090. The maximum Gasteiger partial charge on any atom is 0.321 e. The molecule has 1 atom stereocenters. The van der Waals surface area contributed by atoms with E-state index in [1.807, 2.05) is 36.1 Å². The van der Waals surface area contributed by atoms with Gasteiger partial charge in [-0.1, -0.05) is 74.8 Å². The van der Waals surface area contributed by atoms with Crippen LogP contribution in [0, 0.1) is 6.92 Å². The fourth-order valence-corrected chi connectivity index (χ4v) is 4.55. The van der Waals surface area contributed by atoms with Crippen LogP contribution in [0.1, 0.15) is 80.9 Å². The molecule has 0 spiro atoms. The van der Waals surface area contributed by atoms with E-state index in [1.54, 1.807) is 0 Å². The highest BCUT2D eigenvalue weighted by molar-refractivity contribution is 5.91. The molecule has 174 valence electrons. The summed E-state index contributed by atoms with van der Waals surface area (Å²) >= 11 is 0. The average molecular weight is 447 g/mol. The number of rotatable bonds is 5. The van der Waals surface area contributed by atoms with Gasteiger partial charge in [0.05, 0.1) is 5.92 Å². The standard InChI is InChI=1S/C27H34N4O2/c1-17(2)22-12-7-13-23(18(3)4)24(22)28-27(32)31-14-8-11-21(16-31)26-29-25(30-33-26)20-10-6-9-19(5)15-20/h6-7,9-10,12-13,15,17-18,21H,8,11,14,16H2,1-5H3,(H,28,32)/t21-/m0/s1. The molecule has 0 bridgehead atoms. The van der Waals surface area contributed by atoms with Crippen molar-refractivity contribution in [2.75, 3.05) is 18.4 Å². The van der Waals surface area contributed by atoms with Gasteiger partial charge in [0.1, 0.15) is 0 Å². The first kappa shape index (κ1) is 23.0. The largest absolute Gasteiger partial charge is 0.339 e. The fourth-order valence-electron chi connectivity index (χ4n) is 4.55.